The number of halogens is 1. The maximum Gasteiger partial charge on any atom is 0.260 e. The number of nitrogens with zero attached hydrogens (tertiary/aromatic N) is 1. The second-order valence-corrected chi connectivity index (χ2v) is 7.59. The van der Waals surface area contributed by atoms with E-state index in [1.165, 1.54) is 29.5 Å². The van der Waals surface area contributed by atoms with E-state index >= 15 is 0 Å². The Balaban J connectivity index is 1.78. The van der Waals surface area contributed by atoms with Crippen molar-refractivity contribution in [2.24, 2.45) is 5.73 Å². The van der Waals surface area contributed by atoms with Crippen molar-refractivity contribution in [2.75, 3.05) is 18.4 Å². The van der Waals surface area contributed by atoms with Gasteiger partial charge in [-0.15, -0.1) is 11.3 Å². The molecule has 27 heavy (non-hydrogen) atoms. The summed E-state index contributed by atoms with van der Waals surface area (Å²) in [5.41, 5.74) is 6.81. The molecule has 2 aromatic rings. The third-order valence-electron chi connectivity index (χ3n) is 4.40. The first kappa shape index (κ1) is 19.4. The van der Waals surface area contributed by atoms with Crippen LogP contribution in [0.2, 0.25) is 0 Å². The normalized spacial score (nSPS) is 13.7. The molecule has 2 amide bonds. The topological polar surface area (TPSA) is 87.5 Å². The summed E-state index contributed by atoms with van der Waals surface area (Å²) in [6, 6.07) is 5.62. The molecule has 4 N–H and O–H groups in total. The molecule has 0 unspecified atom stereocenters. The fourth-order valence-electron chi connectivity index (χ4n) is 3.03. The van der Waals surface area contributed by atoms with Crippen LogP contribution >= 0.6 is 23.6 Å². The number of rotatable bonds is 4. The van der Waals surface area contributed by atoms with Gasteiger partial charge in [0, 0.05) is 18.0 Å². The first-order chi connectivity index (χ1) is 12.9. The maximum atomic E-state index is 13.7. The van der Waals surface area contributed by atoms with E-state index in [1.807, 2.05) is 0 Å². The largest absolute Gasteiger partial charge is 0.365 e. The summed E-state index contributed by atoms with van der Waals surface area (Å²) in [6.45, 7) is 4.60. The molecule has 0 bridgehead atoms. The van der Waals surface area contributed by atoms with Crippen LogP contribution in [-0.4, -0.2) is 34.9 Å². The van der Waals surface area contributed by atoms with Crippen molar-refractivity contribution in [1.29, 1.82) is 0 Å². The third-order valence-corrected chi connectivity index (χ3v) is 5.74. The molecule has 9 heteroatoms. The summed E-state index contributed by atoms with van der Waals surface area (Å²) >= 11 is 6.56. The van der Waals surface area contributed by atoms with Gasteiger partial charge in [-0.1, -0.05) is 19.1 Å². The Bertz CT molecular complexity index is 913. The van der Waals surface area contributed by atoms with Crippen LogP contribution in [0.5, 0.6) is 0 Å². The van der Waals surface area contributed by atoms with E-state index in [1.54, 1.807) is 6.07 Å². The average Bonchev–Trinajstić information content (AvgIpc) is 2.98. The number of carbonyl (C=O) groups is 2. The quantitative estimate of drug-likeness (QED) is 0.679. The molecule has 1 aromatic heterocycles. The van der Waals surface area contributed by atoms with Crippen LogP contribution < -0.4 is 16.4 Å². The van der Waals surface area contributed by atoms with Crippen LogP contribution in [0.1, 0.15) is 38.1 Å². The number of hydrogen-bond acceptors (Lipinski definition) is 5. The highest BCUT2D eigenvalue weighted by Crippen LogP contribution is 2.36. The minimum atomic E-state index is -0.662. The summed E-state index contributed by atoms with van der Waals surface area (Å²) in [6.07, 6.45) is 0.730. The number of nitrogens with two attached hydrogens (primary N) is 1. The summed E-state index contributed by atoms with van der Waals surface area (Å²) < 4.78 is 13.7. The molecule has 0 spiro atoms. The van der Waals surface area contributed by atoms with E-state index in [2.05, 4.69) is 22.5 Å². The molecule has 3 rings (SSSR count). The van der Waals surface area contributed by atoms with Gasteiger partial charge in [0.25, 0.3) is 11.8 Å². The molecule has 0 atom stereocenters. The molecular weight excluding hydrogens is 387 g/mol. The van der Waals surface area contributed by atoms with E-state index in [0.29, 0.717) is 10.6 Å². The summed E-state index contributed by atoms with van der Waals surface area (Å²) in [4.78, 5) is 27.5. The molecule has 0 aliphatic carbocycles. The van der Waals surface area contributed by atoms with Crippen LogP contribution in [0.25, 0.3) is 0 Å². The minimum absolute atomic E-state index is 0.0169. The van der Waals surface area contributed by atoms with Crippen molar-refractivity contribution in [3.05, 3.63) is 51.7 Å². The van der Waals surface area contributed by atoms with Gasteiger partial charge in [-0.3, -0.25) is 19.8 Å². The van der Waals surface area contributed by atoms with Crippen molar-refractivity contribution in [1.82, 2.24) is 10.2 Å². The first-order valence-electron chi connectivity index (χ1n) is 8.44. The monoisotopic (exact) mass is 406 g/mol. The van der Waals surface area contributed by atoms with Gasteiger partial charge >= 0.3 is 0 Å². The standard InChI is InChI=1S/C18H19FN4O2S2/c1-2-23-8-7-11-13(9-23)27-17(14(11)15(20)24)22-18(26)21-16(25)10-5-3-4-6-12(10)19/h3-6H,2,7-9H2,1H3,(H2,20,24)(H2,21,22,25,26). The number of carbonyl (C=O) groups excluding carboxylic acids is 2. The molecule has 142 valence electrons. The van der Waals surface area contributed by atoms with Crippen LogP contribution in [0.3, 0.4) is 0 Å². The smallest absolute Gasteiger partial charge is 0.260 e. The van der Waals surface area contributed by atoms with Crippen LogP contribution in [0.4, 0.5) is 9.39 Å². The maximum absolute atomic E-state index is 13.7. The molecule has 0 fully saturated rings. The minimum Gasteiger partial charge on any atom is -0.365 e. The lowest BCUT2D eigenvalue weighted by atomic mass is 10.0. The third kappa shape index (κ3) is 4.15. The lowest BCUT2D eigenvalue weighted by Crippen LogP contribution is -2.35. The van der Waals surface area contributed by atoms with Gasteiger partial charge in [-0.2, -0.15) is 0 Å². The number of hydrogen-bond donors (Lipinski definition) is 3. The van der Waals surface area contributed by atoms with Crippen molar-refractivity contribution in [3.8, 4) is 0 Å². The molecule has 0 saturated heterocycles. The van der Waals surface area contributed by atoms with Crippen molar-refractivity contribution in [2.45, 2.75) is 19.9 Å². The Morgan fingerprint density at radius 3 is 2.78 bits per heavy atom. The summed E-state index contributed by atoms with van der Waals surface area (Å²) in [5.74, 6) is -1.84. The lowest BCUT2D eigenvalue weighted by Gasteiger charge is -2.25. The van der Waals surface area contributed by atoms with Gasteiger partial charge in [-0.05, 0) is 42.9 Å². The number of primary amides is 1. The highest BCUT2D eigenvalue weighted by Gasteiger charge is 2.27. The zero-order valence-electron chi connectivity index (χ0n) is 14.7. The summed E-state index contributed by atoms with van der Waals surface area (Å²) in [5, 5.41) is 5.80. The SMILES string of the molecule is CCN1CCc2c(sc(NC(=S)NC(=O)c3ccccc3F)c2C(N)=O)C1. The van der Waals surface area contributed by atoms with Gasteiger partial charge < -0.3 is 11.1 Å². The number of thiocarbonyl (C=S) groups is 1. The number of likely N-dealkylation sites (N-methyl/N-ethyl adjacent to an activating group) is 1. The first-order valence-corrected chi connectivity index (χ1v) is 9.66. The Labute approximate surface area is 165 Å². The van der Waals surface area contributed by atoms with Crippen LogP contribution in [0.15, 0.2) is 24.3 Å². The molecular formula is C18H19FN4O2S2. The number of anilines is 1. The Morgan fingerprint density at radius 2 is 2.11 bits per heavy atom. The van der Waals surface area contributed by atoms with Crippen LogP contribution in [0, 0.1) is 5.82 Å². The fraction of sp³-hybridized carbons (Fsp3) is 0.278. The van der Waals surface area contributed by atoms with E-state index in [0.717, 1.165) is 36.5 Å². The second-order valence-electron chi connectivity index (χ2n) is 6.08. The van der Waals surface area contributed by atoms with E-state index in [4.69, 9.17) is 18.0 Å². The van der Waals surface area contributed by atoms with E-state index < -0.39 is 17.6 Å². The molecule has 0 radical (unpaired) electrons. The summed E-state index contributed by atoms with van der Waals surface area (Å²) in [7, 11) is 0. The molecule has 1 aliphatic rings. The Hall–Kier alpha value is -2.36. The lowest BCUT2D eigenvalue weighted by molar-refractivity contribution is 0.0971. The Kier molecular flexibility index (Phi) is 5.83. The predicted octanol–water partition coefficient (Wildman–Crippen LogP) is 2.49. The van der Waals surface area contributed by atoms with Gasteiger partial charge in [0.15, 0.2) is 5.11 Å². The number of nitrogens with one attached hydrogen (secondary N) is 2. The zero-order valence-corrected chi connectivity index (χ0v) is 16.3. The molecule has 6 nitrogen and oxygen atoms in total. The highest BCUT2D eigenvalue weighted by molar-refractivity contribution is 7.80. The van der Waals surface area contributed by atoms with E-state index in [9.17, 15) is 14.0 Å². The van der Waals surface area contributed by atoms with Gasteiger partial charge in [-0.25, -0.2) is 4.39 Å². The van der Waals surface area contributed by atoms with Crippen LogP contribution in [-0.2, 0) is 13.0 Å². The van der Waals surface area contributed by atoms with Gasteiger partial charge in [0.1, 0.15) is 10.8 Å². The molecule has 0 saturated carbocycles. The van der Waals surface area contributed by atoms with Crippen molar-refractivity contribution >= 4 is 45.5 Å². The second kappa shape index (κ2) is 8.12. The number of benzene rings is 1. The number of amides is 2. The fourth-order valence-corrected chi connectivity index (χ4v) is 4.58. The molecule has 1 aliphatic heterocycles. The van der Waals surface area contributed by atoms with Gasteiger partial charge in [0.05, 0.1) is 11.1 Å². The van der Waals surface area contributed by atoms with Crippen molar-refractivity contribution < 1.29 is 14.0 Å². The predicted molar refractivity (Wildman–Crippen MR) is 108 cm³/mol. The van der Waals surface area contributed by atoms with Gasteiger partial charge in [0.2, 0.25) is 0 Å². The van der Waals surface area contributed by atoms with E-state index in [-0.39, 0.29) is 10.7 Å². The zero-order chi connectivity index (χ0) is 19.6. The number of fused-ring (bicyclic) bond motifs is 1. The average molecular weight is 407 g/mol. The number of thiophene rings is 1. The highest BCUT2D eigenvalue weighted by atomic mass is 32.1. The molecule has 1 aromatic carbocycles. The molecule has 2 heterocycles. The Morgan fingerprint density at radius 1 is 1.37 bits per heavy atom. The van der Waals surface area contributed by atoms with Crippen molar-refractivity contribution in [3.63, 3.8) is 0 Å².